The molecule has 0 radical (unpaired) electrons. The van der Waals surface area contributed by atoms with Crippen molar-refractivity contribution < 1.29 is 4.79 Å². The largest absolute Gasteiger partial charge is 0.356 e. The molecule has 3 heteroatoms. The van der Waals surface area contributed by atoms with Crippen LogP contribution in [0.2, 0.25) is 0 Å². The number of hydrogen-bond acceptors (Lipinski definition) is 2. The average molecular weight is 250 g/mol. The molecule has 0 aromatic rings. The van der Waals surface area contributed by atoms with Crippen LogP contribution >= 0.6 is 0 Å². The van der Waals surface area contributed by atoms with Crippen LogP contribution in [0.25, 0.3) is 0 Å². The van der Waals surface area contributed by atoms with Crippen LogP contribution in [0, 0.1) is 22.7 Å². The number of nitrogens with two attached hydrogens (primary N) is 1. The molecule has 2 unspecified atom stereocenters. The van der Waals surface area contributed by atoms with Gasteiger partial charge in [-0.05, 0) is 68.7 Å². The number of carbonyl (C=O) groups excluding carboxylic acids is 1. The first kappa shape index (κ1) is 12.5. The second-order valence-electron chi connectivity index (χ2n) is 7.45. The summed E-state index contributed by atoms with van der Waals surface area (Å²) in [4.78, 5) is 12.6. The van der Waals surface area contributed by atoms with E-state index in [1.165, 1.54) is 19.3 Å². The Morgan fingerprint density at radius 3 is 2.50 bits per heavy atom. The minimum absolute atomic E-state index is 0.0204. The van der Waals surface area contributed by atoms with Crippen molar-refractivity contribution >= 4 is 5.91 Å². The molecule has 0 saturated heterocycles. The van der Waals surface area contributed by atoms with Crippen molar-refractivity contribution in [2.24, 2.45) is 28.4 Å². The smallest absolute Gasteiger partial charge is 0.226 e. The predicted octanol–water partition coefficient (Wildman–Crippen LogP) is 2.06. The molecule has 2 atom stereocenters. The Labute approximate surface area is 110 Å². The highest BCUT2D eigenvalue weighted by Gasteiger charge is 2.58. The Morgan fingerprint density at radius 1 is 1.28 bits per heavy atom. The number of rotatable bonds is 4. The Hall–Kier alpha value is -0.570. The fourth-order valence-corrected chi connectivity index (χ4v) is 5.48. The van der Waals surface area contributed by atoms with Gasteiger partial charge in [0.15, 0.2) is 0 Å². The van der Waals surface area contributed by atoms with Crippen molar-refractivity contribution in [3.63, 3.8) is 0 Å². The lowest BCUT2D eigenvalue weighted by Gasteiger charge is -2.60. The van der Waals surface area contributed by atoms with E-state index in [2.05, 4.69) is 12.2 Å². The second-order valence-corrected chi connectivity index (χ2v) is 7.45. The van der Waals surface area contributed by atoms with E-state index in [9.17, 15) is 4.79 Å². The molecule has 4 rings (SSSR count). The van der Waals surface area contributed by atoms with Gasteiger partial charge < -0.3 is 11.1 Å². The molecule has 0 aliphatic heterocycles. The molecule has 1 amide bonds. The van der Waals surface area contributed by atoms with E-state index < -0.39 is 0 Å². The Kier molecular flexibility index (Phi) is 2.92. The van der Waals surface area contributed by atoms with Crippen LogP contribution in [-0.2, 0) is 4.79 Å². The molecule has 4 saturated carbocycles. The van der Waals surface area contributed by atoms with Gasteiger partial charge in [0.1, 0.15) is 0 Å². The quantitative estimate of drug-likeness (QED) is 0.750. The molecular weight excluding hydrogens is 224 g/mol. The Balaban J connectivity index is 1.72. The second kappa shape index (κ2) is 4.22. The lowest BCUT2D eigenvalue weighted by Crippen LogP contribution is -2.56. The Morgan fingerprint density at radius 2 is 1.94 bits per heavy atom. The minimum Gasteiger partial charge on any atom is -0.356 e. The van der Waals surface area contributed by atoms with Crippen LogP contribution in [0.5, 0.6) is 0 Å². The van der Waals surface area contributed by atoms with Crippen molar-refractivity contribution in [2.45, 2.75) is 51.9 Å². The van der Waals surface area contributed by atoms with Gasteiger partial charge in [-0.25, -0.2) is 0 Å². The first-order valence-corrected chi connectivity index (χ1v) is 7.54. The minimum atomic E-state index is -0.0204. The predicted molar refractivity (Wildman–Crippen MR) is 71.9 cm³/mol. The van der Waals surface area contributed by atoms with Crippen molar-refractivity contribution in [1.29, 1.82) is 0 Å². The molecule has 3 N–H and O–H groups in total. The lowest BCUT2D eigenvalue weighted by molar-refractivity contribution is -0.155. The van der Waals surface area contributed by atoms with Gasteiger partial charge >= 0.3 is 0 Å². The summed E-state index contributed by atoms with van der Waals surface area (Å²) in [6, 6.07) is 0. The van der Waals surface area contributed by atoms with E-state index in [0.717, 1.165) is 44.1 Å². The van der Waals surface area contributed by atoms with E-state index >= 15 is 0 Å². The molecule has 0 heterocycles. The molecule has 4 fully saturated rings. The van der Waals surface area contributed by atoms with Crippen LogP contribution < -0.4 is 11.1 Å². The van der Waals surface area contributed by atoms with E-state index in [4.69, 9.17) is 5.73 Å². The van der Waals surface area contributed by atoms with Crippen LogP contribution in [0.3, 0.4) is 0 Å². The Bertz CT molecular complexity index is 338. The molecule has 0 aromatic heterocycles. The average Bonchev–Trinajstić information content (AvgIpc) is 2.25. The van der Waals surface area contributed by atoms with Gasteiger partial charge in [0, 0.05) is 6.54 Å². The SMILES string of the molecule is CC12CC3CC(C1)CC(C(=O)NCCCN)(C3)C2. The first-order chi connectivity index (χ1) is 8.55. The molecule has 3 nitrogen and oxygen atoms in total. The summed E-state index contributed by atoms with van der Waals surface area (Å²) in [5.41, 5.74) is 5.92. The van der Waals surface area contributed by atoms with Crippen molar-refractivity contribution in [3.8, 4) is 0 Å². The molecule has 4 aliphatic rings. The molecule has 102 valence electrons. The van der Waals surface area contributed by atoms with Gasteiger partial charge in [-0.3, -0.25) is 4.79 Å². The number of amides is 1. The van der Waals surface area contributed by atoms with Crippen LogP contribution in [0.4, 0.5) is 0 Å². The number of hydrogen-bond donors (Lipinski definition) is 2. The summed E-state index contributed by atoms with van der Waals surface area (Å²) in [6.07, 6.45) is 8.42. The highest BCUT2D eigenvalue weighted by Crippen LogP contribution is 2.65. The van der Waals surface area contributed by atoms with Crippen molar-refractivity contribution in [2.75, 3.05) is 13.1 Å². The van der Waals surface area contributed by atoms with Crippen molar-refractivity contribution in [3.05, 3.63) is 0 Å². The third-order valence-corrected chi connectivity index (χ3v) is 5.50. The highest BCUT2D eigenvalue weighted by molar-refractivity contribution is 5.83. The maximum absolute atomic E-state index is 12.6. The number of nitrogens with one attached hydrogen (secondary N) is 1. The molecule has 4 bridgehead atoms. The van der Waals surface area contributed by atoms with Gasteiger partial charge in [0.2, 0.25) is 5.91 Å². The third kappa shape index (κ3) is 1.97. The number of carbonyl (C=O) groups is 1. The van der Waals surface area contributed by atoms with E-state index in [1.807, 2.05) is 0 Å². The zero-order valence-corrected chi connectivity index (χ0v) is 11.5. The molecule has 0 aromatic carbocycles. The summed E-state index contributed by atoms with van der Waals surface area (Å²) in [7, 11) is 0. The molecule has 0 spiro atoms. The summed E-state index contributed by atoms with van der Waals surface area (Å²) in [6.45, 7) is 3.83. The molecular formula is C15H26N2O. The van der Waals surface area contributed by atoms with Gasteiger partial charge in [0.25, 0.3) is 0 Å². The van der Waals surface area contributed by atoms with Gasteiger partial charge in [-0.2, -0.15) is 0 Å². The van der Waals surface area contributed by atoms with Crippen LogP contribution in [0.15, 0.2) is 0 Å². The standard InChI is InChI=1S/C15H26N2O/c1-14-6-11-5-12(7-14)9-15(8-11,10-14)13(18)17-4-2-3-16/h11-12H,2-10,16H2,1H3,(H,17,18). The molecule has 4 aliphatic carbocycles. The first-order valence-electron chi connectivity index (χ1n) is 7.54. The fraction of sp³-hybridized carbons (Fsp3) is 0.933. The summed E-state index contributed by atoms with van der Waals surface area (Å²) < 4.78 is 0. The molecule has 18 heavy (non-hydrogen) atoms. The van der Waals surface area contributed by atoms with Crippen LogP contribution in [-0.4, -0.2) is 19.0 Å². The topological polar surface area (TPSA) is 55.1 Å². The maximum atomic E-state index is 12.6. The van der Waals surface area contributed by atoms with E-state index in [1.54, 1.807) is 0 Å². The monoisotopic (exact) mass is 250 g/mol. The summed E-state index contributed by atoms with van der Waals surface area (Å²) in [5.74, 6) is 1.96. The highest BCUT2D eigenvalue weighted by atomic mass is 16.2. The lowest BCUT2D eigenvalue weighted by atomic mass is 9.44. The normalized spacial score (nSPS) is 45.2. The van der Waals surface area contributed by atoms with Gasteiger partial charge in [0.05, 0.1) is 5.41 Å². The fourth-order valence-electron chi connectivity index (χ4n) is 5.48. The summed E-state index contributed by atoms with van der Waals surface area (Å²) >= 11 is 0. The van der Waals surface area contributed by atoms with E-state index in [-0.39, 0.29) is 5.41 Å². The maximum Gasteiger partial charge on any atom is 0.226 e. The van der Waals surface area contributed by atoms with Gasteiger partial charge in [-0.1, -0.05) is 6.92 Å². The zero-order valence-electron chi connectivity index (χ0n) is 11.5. The zero-order chi connectivity index (χ0) is 12.8. The van der Waals surface area contributed by atoms with Gasteiger partial charge in [-0.15, -0.1) is 0 Å². The van der Waals surface area contributed by atoms with E-state index in [0.29, 0.717) is 17.9 Å². The van der Waals surface area contributed by atoms with Crippen molar-refractivity contribution in [1.82, 2.24) is 5.32 Å². The third-order valence-electron chi connectivity index (χ3n) is 5.50. The van der Waals surface area contributed by atoms with Crippen LogP contribution in [0.1, 0.15) is 51.9 Å². The summed E-state index contributed by atoms with van der Waals surface area (Å²) in [5, 5.41) is 3.14.